The van der Waals surface area contributed by atoms with Crippen LogP contribution in [0.25, 0.3) is 0 Å². The number of anilines is 1. The topological polar surface area (TPSA) is 75.6 Å². The maximum Gasteiger partial charge on any atom is 0.332 e. The Morgan fingerprint density at radius 3 is 2.79 bits per heavy atom. The van der Waals surface area contributed by atoms with Crippen LogP contribution in [-0.4, -0.2) is 29.7 Å². The van der Waals surface area contributed by atoms with Gasteiger partial charge in [0.25, 0.3) is 0 Å². The lowest BCUT2D eigenvalue weighted by Crippen LogP contribution is -2.21. The maximum atomic E-state index is 11.6. The molecule has 19 heavy (non-hydrogen) atoms. The Bertz CT molecular complexity index is 445. The Morgan fingerprint density at radius 1 is 1.42 bits per heavy atom. The summed E-state index contributed by atoms with van der Waals surface area (Å²) >= 11 is 0. The van der Waals surface area contributed by atoms with Crippen LogP contribution in [-0.2, 0) is 14.3 Å². The lowest BCUT2D eigenvalue weighted by Gasteiger charge is -2.08. The molecule has 1 atom stereocenters. The molecule has 5 nitrogen and oxygen atoms in total. The molecule has 0 saturated heterocycles. The molecule has 0 spiro atoms. The second-order valence-corrected chi connectivity index (χ2v) is 4.37. The van der Waals surface area contributed by atoms with Crippen LogP contribution < -0.4 is 5.32 Å². The van der Waals surface area contributed by atoms with Gasteiger partial charge in [-0.2, -0.15) is 0 Å². The molecule has 2 N–H and O–H groups in total. The lowest BCUT2D eigenvalue weighted by atomic mass is 10.2. The molecule has 5 heteroatoms. The summed E-state index contributed by atoms with van der Waals surface area (Å²) < 4.78 is 5.04. The van der Waals surface area contributed by atoms with E-state index >= 15 is 0 Å². The quantitative estimate of drug-likeness (QED) is 0.741. The predicted molar refractivity (Wildman–Crippen MR) is 72.1 cm³/mol. The molecule has 104 valence electrons. The van der Waals surface area contributed by atoms with Gasteiger partial charge in [0.2, 0.25) is 5.91 Å². The minimum absolute atomic E-state index is 0.0998. The second-order valence-electron chi connectivity index (χ2n) is 4.37. The summed E-state index contributed by atoms with van der Waals surface area (Å²) in [6, 6.07) is 7.55. The molecule has 1 rings (SSSR count). The van der Waals surface area contributed by atoms with Gasteiger partial charge in [-0.3, -0.25) is 4.79 Å². The molecule has 1 aromatic carbocycles. The molecule has 0 aliphatic carbocycles. The zero-order chi connectivity index (χ0) is 14.3. The molecule has 1 amide bonds. The molecule has 0 radical (unpaired) electrons. The van der Waals surface area contributed by atoms with E-state index in [2.05, 4.69) is 5.32 Å². The van der Waals surface area contributed by atoms with Gasteiger partial charge in [-0.05, 0) is 38.0 Å². The van der Waals surface area contributed by atoms with Crippen molar-refractivity contribution in [1.29, 1.82) is 0 Å². The number of aryl methyl sites for hydroxylation is 1. The van der Waals surface area contributed by atoms with E-state index in [1.165, 1.54) is 6.92 Å². The van der Waals surface area contributed by atoms with Crippen molar-refractivity contribution in [1.82, 2.24) is 0 Å². The van der Waals surface area contributed by atoms with Crippen molar-refractivity contribution in [3.8, 4) is 0 Å². The van der Waals surface area contributed by atoms with Crippen LogP contribution in [0.3, 0.4) is 0 Å². The fraction of sp³-hybridized carbons (Fsp3) is 0.429. The van der Waals surface area contributed by atoms with E-state index in [0.717, 1.165) is 11.3 Å². The summed E-state index contributed by atoms with van der Waals surface area (Å²) in [6.07, 6.45) is -0.0323. The minimum Gasteiger partial charge on any atom is -0.479 e. The molecule has 0 heterocycles. The summed E-state index contributed by atoms with van der Waals surface area (Å²) in [5, 5.41) is 11.4. The molecule has 1 aromatic rings. The monoisotopic (exact) mass is 265 g/mol. The summed E-state index contributed by atoms with van der Waals surface area (Å²) in [4.78, 5) is 22.1. The highest BCUT2D eigenvalue weighted by atomic mass is 16.5. The lowest BCUT2D eigenvalue weighted by molar-refractivity contribution is -0.149. The third-order valence-electron chi connectivity index (χ3n) is 2.57. The number of nitrogens with one attached hydrogen (secondary N) is 1. The van der Waals surface area contributed by atoms with Gasteiger partial charge in [-0.1, -0.05) is 12.1 Å². The van der Waals surface area contributed by atoms with E-state index in [1.54, 1.807) is 0 Å². The van der Waals surface area contributed by atoms with Crippen LogP contribution in [0.2, 0.25) is 0 Å². The van der Waals surface area contributed by atoms with Crippen molar-refractivity contribution in [2.75, 3.05) is 11.9 Å². The fourth-order valence-electron chi connectivity index (χ4n) is 1.51. The van der Waals surface area contributed by atoms with Crippen molar-refractivity contribution in [2.45, 2.75) is 32.8 Å². The van der Waals surface area contributed by atoms with Crippen LogP contribution in [0.5, 0.6) is 0 Å². The van der Waals surface area contributed by atoms with E-state index in [1.807, 2.05) is 31.2 Å². The first-order valence-corrected chi connectivity index (χ1v) is 6.20. The number of benzene rings is 1. The highest BCUT2D eigenvalue weighted by Crippen LogP contribution is 2.10. The Labute approximate surface area is 112 Å². The van der Waals surface area contributed by atoms with E-state index < -0.39 is 12.1 Å². The minimum atomic E-state index is -0.996. The van der Waals surface area contributed by atoms with Gasteiger partial charge in [-0.25, -0.2) is 4.79 Å². The third-order valence-corrected chi connectivity index (χ3v) is 2.57. The SMILES string of the molecule is Cc1cccc(NC(=O)CCCO[C@H](C)C(=O)O)c1. The summed E-state index contributed by atoms with van der Waals surface area (Å²) in [5.41, 5.74) is 1.85. The van der Waals surface area contributed by atoms with Gasteiger partial charge in [-0.15, -0.1) is 0 Å². The smallest absolute Gasteiger partial charge is 0.332 e. The average molecular weight is 265 g/mol. The highest BCUT2D eigenvalue weighted by molar-refractivity contribution is 5.90. The van der Waals surface area contributed by atoms with Crippen molar-refractivity contribution >= 4 is 17.6 Å². The zero-order valence-corrected chi connectivity index (χ0v) is 11.2. The van der Waals surface area contributed by atoms with Crippen molar-refractivity contribution in [3.05, 3.63) is 29.8 Å². The van der Waals surface area contributed by atoms with E-state index in [4.69, 9.17) is 9.84 Å². The van der Waals surface area contributed by atoms with E-state index in [-0.39, 0.29) is 12.5 Å². The fourth-order valence-corrected chi connectivity index (χ4v) is 1.51. The first kappa shape index (κ1) is 15.2. The Morgan fingerprint density at radius 2 is 2.16 bits per heavy atom. The molecular formula is C14H19NO4. The number of carbonyl (C=O) groups is 2. The third kappa shape index (κ3) is 6.01. The molecule has 0 unspecified atom stereocenters. The van der Waals surface area contributed by atoms with E-state index in [9.17, 15) is 9.59 Å². The number of carbonyl (C=O) groups excluding carboxylic acids is 1. The largest absolute Gasteiger partial charge is 0.479 e. The number of rotatable bonds is 7. The summed E-state index contributed by atoms with van der Waals surface area (Å²) in [7, 11) is 0. The zero-order valence-electron chi connectivity index (χ0n) is 11.2. The highest BCUT2D eigenvalue weighted by Gasteiger charge is 2.10. The predicted octanol–water partition coefficient (Wildman–Crippen LogP) is 2.20. The number of aliphatic carboxylic acids is 1. The van der Waals surface area contributed by atoms with Crippen molar-refractivity contribution < 1.29 is 19.4 Å². The Kier molecular flexibility index (Phi) is 6.02. The molecular weight excluding hydrogens is 246 g/mol. The molecule has 0 aliphatic heterocycles. The van der Waals surface area contributed by atoms with Crippen molar-refractivity contribution in [3.63, 3.8) is 0 Å². The molecule has 0 fully saturated rings. The van der Waals surface area contributed by atoms with Gasteiger partial charge in [0.15, 0.2) is 6.10 Å². The van der Waals surface area contributed by atoms with Gasteiger partial charge in [0.1, 0.15) is 0 Å². The van der Waals surface area contributed by atoms with Crippen LogP contribution in [0.1, 0.15) is 25.3 Å². The van der Waals surface area contributed by atoms with Crippen LogP contribution in [0.15, 0.2) is 24.3 Å². The van der Waals surface area contributed by atoms with Crippen LogP contribution >= 0.6 is 0 Å². The number of hydrogen-bond donors (Lipinski definition) is 2. The van der Waals surface area contributed by atoms with Crippen LogP contribution in [0, 0.1) is 6.92 Å². The molecule has 0 saturated carbocycles. The van der Waals surface area contributed by atoms with Crippen LogP contribution in [0.4, 0.5) is 5.69 Å². The Hall–Kier alpha value is -1.88. The first-order valence-electron chi connectivity index (χ1n) is 6.20. The average Bonchev–Trinajstić information content (AvgIpc) is 2.34. The molecule has 0 aliphatic rings. The second kappa shape index (κ2) is 7.53. The van der Waals surface area contributed by atoms with Gasteiger partial charge < -0.3 is 15.2 Å². The van der Waals surface area contributed by atoms with Gasteiger partial charge in [0, 0.05) is 18.7 Å². The maximum absolute atomic E-state index is 11.6. The number of carboxylic acid groups (broad SMARTS) is 1. The van der Waals surface area contributed by atoms with Gasteiger partial charge in [0.05, 0.1) is 0 Å². The molecule has 0 aromatic heterocycles. The number of ether oxygens (including phenoxy) is 1. The molecule has 0 bridgehead atoms. The number of amides is 1. The van der Waals surface area contributed by atoms with Crippen molar-refractivity contribution in [2.24, 2.45) is 0 Å². The normalized spacial score (nSPS) is 11.9. The summed E-state index contributed by atoms with van der Waals surface area (Å²) in [6.45, 7) is 3.68. The number of carboxylic acids is 1. The summed E-state index contributed by atoms with van der Waals surface area (Å²) in [5.74, 6) is -1.10. The first-order chi connectivity index (χ1) is 8.99. The van der Waals surface area contributed by atoms with E-state index in [0.29, 0.717) is 12.8 Å². The van der Waals surface area contributed by atoms with Gasteiger partial charge >= 0.3 is 5.97 Å². The standard InChI is InChI=1S/C14H19NO4/c1-10-5-3-6-12(9-10)15-13(16)7-4-8-19-11(2)14(17)18/h3,5-6,9,11H,4,7-8H2,1-2H3,(H,15,16)(H,17,18)/t11-/m1/s1. The Balaban J connectivity index is 2.23. The number of hydrogen-bond acceptors (Lipinski definition) is 3.